The normalized spacial score (nSPS) is 10.7. The molecule has 3 aromatic heterocycles. The van der Waals surface area contributed by atoms with Crippen LogP contribution in [0, 0.1) is 32.1 Å². The maximum Gasteiger partial charge on any atom is 0.217 e. The van der Waals surface area contributed by atoms with Gasteiger partial charge in [-0.05, 0) is 32.9 Å². The van der Waals surface area contributed by atoms with Crippen molar-refractivity contribution in [3.05, 3.63) is 39.3 Å². The number of hydrogen-bond donors (Lipinski definition) is 0. The van der Waals surface area contributed by atoms with Gasteiger partial charge in [0, 0.05) is 27.2 Å². The van der Waals surface area contributed by atoms with Crippen molar-refractivity contribution in [1.82, 2.24) is 14.8 Å². The lowest BCUT2D eigenvalue weighted by Gasteiger charge is -2.02. The van der Waals surface area contributed by atoms with Gasteiger partial charge in [-0.3, -0.25) is 4.57 Å². The molecule has 0 spiro atoms. The van der Waals surface area contributed by atoms with Crippen LogP contribution >= 0.6 is 22.7 Å². The molecule has 0 aromatic carbocycles. The topological polar surface area (TPSA) is 54.5 Å². The second-order valence-corrected chi connectivity index (χ2v) is 6.57. The predicted molar refractivity (Wildman–Crippen MR) is 81.5 cm³/mol. The van der Waals surface area contributed by atoms with Crippen LogP contribution in [0.25, 0.3) is 15.7 Å². The lowest BCUT2D eigenvalue weighted by Crippen LogP contribution is -1.97. The summed E-state index contributed by atoms with van der Waals surface area (Å²) in [5, 5.41) is 21.3. The summed E-state index contributed by atoms with van der Waals surface area (Å²) in [6, 6.07) is 6.35. The summed E-state index contributed by atoms with van der Waals surface area (Å²) in [5.74, 6) is 0. The number of aromatic nitrogens is 3. The molecule has 0 fully saturated rings. The Morgan fingerprint density at radius 3 is 2.50 bits per heavy atom. The van der Waals surface area contributed by atoms with Crippen LogP contribution in [0.2, 0.25) is 0 Å². The third kappa shape index (κ3) is 1.96. The summed E-state index contributed by atoms with van der Waals surface area (Å²) in [5.41, 5.74) is 3.86. The van der Waals surface area contributed by atoms with Crippen LogP contribution in [0.5, 0.6) is 0 Å². The van der Waals surface area contributed by atoms with E-state index in [0.29, 0.717) is 5.56 Å². The van der Waals surface area contributed by atoms with Crippen LogP contribution in [-0.2, 0) is 0 Å². The van der Waals surface area contributed by atoms with E-state index >= 15 is 0 Å². The summed E-state index contributed by atoms with van der Waals surface area (Å²) < 4.78 is 2.08. The van der Waals surface area contributed by atoms with Crippen LogP contribution in [0.4, 0.5) is 0 Å². The van der Waals surface area contributed by atoms with E-state index in [1.807, 2.05) is 26.2 Å². The lowest BCUT2D eigenvalue weighted by atomic mass is 10.2. The van der Waals surface area contributed by atoms with E-state index in [4.69, 9.17) is 0 Å². The molecule has 6 heteroatoms. The van der Waals surface area contributed by atoms with Gasteiger partial charge in [-0.25, -0.2) is 0 Å². The Morgan fingerprint density at radius 1 is 1.15 bits per heavy atom. The highest BCUT2D eigenvalue weighted by atomic mass is 32.1. The minimum atomic E-state index is 0.677. The Bertz CT molecular complexity index is 797. The van der Waals surface area contributed by atoms with Gasteiger partial charge in [0.25, 0.3) is 0 Å². The van der Waals surface area contributed by atoms with Crippen LogP contribution in [0.15, 0.2) is 17.5 Å². The van der Waals surface area contributed by atoms with Crippen molar-refractivity contribution in [3.8, 4) is 21.8 Å². The van der Waals surface area contributed by atoms with Crippen LogP contribution in [0.1, 0.15) is 21.8 Å². The first-order chi connectivity index (χ1) is 9.61. The van der Waals surface area contributed by atoms with Crippen LogP contribution < -0.4 is 0 Å². The summed E-state index contributed by atoms with van der Waals surface area (Å²) in [6.45, 7) is 6.10. The third-order valence-electron chi connectivity index (χ3n) is 3.19. The first-order valence-corrected chi connectivity index (χ1v) is 7.79. The zero-order valence-corrected chi connectivity index (χ0v) is 13.0. The number of thiophene rings is 1. The fourth-order valence-corrected chi connectivity index (χ4v) is 4.11. The molecule has 0 bridgehead atoms. The van der Waals surface area contributed by atoms with E-state index in [9.17, 15) is 5.26 Å². The fraction of sp³-hybridized carbons (Fsp3) is 0.214. The van der Waals surface area contributed by atoms with Crippen molar-refractivity contribution in [2.24, 2.45) is 0 Å². The maximum absolute atomic E-state index is 9.18. The summed E-state index contributed by atoms with van der Waals surface area (Å²) in [7, 11) is 0. The van der Waals surface area contributed by atoms with Gasteiger partial charge < -0.3 is 0 Å². The highest BCUT2D eigenvalue weighted by Crippen LogP contribution is 2.35. The number of nitrogens with zero attached hydrogens (tertiary/aromatic N) is 4. The molecule has 0 saturated heterocycles. The summed E-state index contributed by atoms with van der Waals surface area (Å²) in [4.78, 5) is 1.10. The first kappa shape index (κ1) is 13.0. The lowest BCUT2D eigenvalue weighted by molar-refractivity contribution is 0.913. The van der Waals surface area contributed by atoms with Gasteiger partial charge in [0.2, 0.25) is 5.13 Å². The summed E-state index contributed by atoms with van der Waals surface area (Å²) >= 11 is 3.09. The predicted octanol–water partition coefficient (Wildman–Crippen LogP) is 3.85. The molecule has 0 saturated carbocycles. The average molecular weight is 300 g/mol. The molecular formula is C14H12N4S2. The Kier molecular flexibility index (Phi) is 3.16. The molecule has 4 nitrogen and oxygen atoms in total. The van der Waals surface area contributed by atoms with E-state index in [-0.39, 0.29) is 0 Å². The van der Waals surface area contributed by atoms with Crippen molar-refractivity contribution in [1.29, 1.82) is 5.26 Å². The molecule has 0 aliphatic carbocycles. The highest BCUT2D eigenvalue weighted by Gasteiger charge is 2.17. The molecule has 0 aliphatic rings. The molecule has 0 unspecified atom stereocenters. The smallest absolute Gasteiger partial charge is 0.217 e. The fourth-order valence-electron chi connectivity index (χ4n) is 2.18. The van der Waals surface area contributed by atoms with E-state index < -0.39 is 0 Å². The van der Waals surface area contributed by atoms with Crippen molar-refractivity contribution in [2.45, 2.75) is 20.8 Å². The molecule has 3 rings (SSSR count). The van der Waals surface area contributed by atoms with E-state index in [0.717, 1.165) is 32.0 Å². The second-order valence-electron chi connectivity index (χ2n) is 4.53. The van der Waals surface area contributed by atoms with E-state index in [1.165, 1.54) is 11.3 Å². The Morgan fingerprint density at radius 2 is 1.85 bits per heavy atom. The van der Waals surface area contributed by atoms with Gasteiger partial charge in [0.15, 0.2) is 5.01 Å². The third-order valence-corrected chi connectivity index (χ3v) is 5.02. The molecule has 3 heterocycles. The molecule has 0 atom stereocenters. The summed E-state index contributed by atoms with van der Waals surface area (Å²) in [6.07, 6.45) is 0. The maximum atomic E-state index is 9.18. The minimum absolute atomic E-state index is 0.677. The first-order valence-electron chi connectivity index (χ1n) is 6.09. The van der Waals surface area contributed by atoms with Gasteiger partial charge in [0.05, 0.1) is 5.56 Å². The molecular weight excluding hydrogens is 288 g/mol. The number of aryl methyl sites for hydroxylation is 3. The molecule has 0 N–H and O–H groups in total. The largest absolute Gasteiger partial charge is 0.293 e. The SMILES string of the molecule is Cc1scc(C#N)c1-c1nnc(-n2c(C)ccc2C)s1. The average Bonchev–Trinajstić information content (AvgIpc) is 3.09. The van der Waals surface area contributed by atoms with Gasteiger partial charge in [0.1, 0.15) is 6.07 Å². The van der Waals surface area contributed by atoms with Gasteiger partial charge in [-0.15, -0.1) is 21.5 Å². The molecule has 0 amide bonds. The zero-order chi connectivity index (χ0) is 14.3. The molecule has 20 heavy (non-hydrogen) atoms. The van der Waals surface area contributed by atoms with Gasteiger partial charge >= 0.3 is 0 Å². The quantitative estimate of drug-likeness (QED) is 0.722. The molecule has 3 aromatic rings. The van der Waals surface area contributed by atoms with Crippen molar-refractivity contribution < 1.29 is 0 Å². The standard InChI is InChI=1S/C14H12N4S2/c1-8-4-5-9(2)18(8)14-17-16-13(20-14)12-10(3)19-7-11(12)6-15/h4-5,7H,1-3H3. The van der Waals surface area contributed by atoms with Crippen LogP contribution in [0.3, 0.4) is 0 Å². The highest BCUT2D eigenvalue weighted by molar-refractivity contribution is 7.17. The number of nitriles is 1. The van der Waals surface area contributed by atoms with Crippen molar-refractivity contribution in [3.63, 3.8) is 0 Å². The van der Waals surface area contributed by atoms with Crippen molar-refractivity contribution in [2.75, 3.05) is 0 Å². The van der Waals surface area contributed by atoms with E-state index in [1.54, 1.807) is 11.3 Å². The number of hydrogen-bond acceptors (Lipinski definition) is 5. The minimum Gasteiger partial charge on any atom is -0.293 e. The Hall–Kier alpha value is -1.97. The second kappa shape index (κ2) is 4.85. The van der Waals surface area contributed by atoms with Gasteiger partial charge in [-0.1, -0.05) is 11.3 Å². The monoisotopic (exact) mass is 300 g/mol. The van der Waals surface area contributed by atoms with Crippen LogP contribution in [-0.4, -0.2) is 14.8 Å². The van der Waals surface area contributed by atoms with Crippen molar-refractivity contribution >= 4 is 22.7 Å². The number of rotatable bonds is 2. The Labute approximate surface area is 125 Å². The zero-order valence-electron chi connectivity index (χ0n) is 11.3. The van der Waals surface area contributed by atoms with Gasteiger partial charge in [-0.2, -0.15) is 5.26 Å². The molecule has 0 aliphatic heterocycles. The molecule has 0 radical (unpaired) electrons. The molecule has 100 valence electrons. The van der Waals surface area contributed by atoms with E-state index in [2.05, 4.69) is 33.0 Å². The Balaban J connectivity index is 2.12.